The van der Waals surface area contributed by atoms with Crippen LogP contribution in [0.2, 0.25) is 0 Å². The van der Waals surface area contributed by atoms with Gasteiger partial charge in [0, 0.05) is 55.6 Å². The summed E-state index contributed by atoms with van der Waals surface area (Å²) in [6.45, 7) is 1.38. The van der Waals surface area contributed by atoms with Gasteiger partial charge in [0.1, 0.15) is 22.5 Å². The van der Waals surface area contributed by atoms with Crippen LogP contribution in [0.3, 0.4) is 0 Å². The number of aromatic nitrogens is 2. The van der Waals surface area contributed by atoms with E-state index in [-0.39, 0.29) is 28.9 Å². The summed E-state index contributed by atoms with van der Waals surface area (Å²) in [7, 11) is 1.64. The Hall–Kier alpha value is -2.44. The van der Waals surface area contributed by atoms with Gasteiger partial charge in [0.2, 0.25) is 0 Å². The maximum Gasteiger partial charge on any atom is 0.418 e. The van der Waals surface area contributed by atoms with Gasteiger partial charge in [-0.25, -0.2) is 18.7 Å². The Morgan fingerprint density at radius 1 is 1.18 bits per heavy atom. The Morgan fingerprint density at radius 2 is 1.94 bits per heavy atom. The summed E-state index contributed by atoms with van der Waals surface area (Å²) in [6.07, 6.45) is -2.11. The number of benzene rings is 1. The molecule has 1 fully saturated rings. The van der Waals surface area contributed by atoms with E-state index >= 15 is 0 Å². The van der Waals surface area contributed by atoms with Crippen LogP contribution in [-0.4, -0.2) is 41.0 Å². The van der Waals surface area contributed by atoms with Gasteiger partial charge in [0.25, 0.3) is 0 Å². The Bertz CT molecular complexity index is 1100. The van der Waals surface area contributed by atoms with Crippen LogP contribution < -0.4 is 9.62 Å². The third-order valence-corrected chi connectivity index (χ3v) is 7.07. The second-order valence-corrected chi connectivity index (χ2v) is 9.51. The zero-order chi connectivity index (χ0) is 24.3. The minimum absolute atomic E-state index is 0.0140. The standard InChI is InChI=1S/C22H22F5N5S2/c1-31(16-4-6-32(7-5-16)11-14-8-15(23)2-3-18(14)24)19-10-28-21(9-17(19)22(25,26)27)34-30-20-12-33-13-29-20/h2-3,8-10,12-13,16,30H,4-7,11H2,1H3. The largest absolute Gasteiger partial charge is 0.418 e. The predicted molar refractivity (Wildman–Crippen MR) is 124 cm³/mol. The number of nitrogens with zero attached hydrogens (tertiary/aromatic N) is 4. The average Bonchev–Trinajstić information content (AvgIpc) is 3.33. The number of halogens is 5. The first-order chi connectivity index (χ1) is 16.2. The lowest BCUT2D eigenvalue weighted by Gasteiger charge is -2.38. The van der Waals surface area contributed by atoms with Crippen molar-refractivity contribution in [3.63, 3.8) is 0 Å². The maximum absolute atomic E-state index is 14.0. The SMILES string of the molecule is CN(c1cnc(SNc2cscn2)cc1C(F)(F)F)C1CCN(Cc2cc(F)ccc2F)CC1. The molecule has 1 aromatic carbocycles. The zero-order valence-electron chi connectivity index (χ0n) is 18.1. The minimum atomic E-state index is -4.54. The van der Waals surface area contributed by atoms with Gasteiger partial charge in [-0.2, -0.15) is 13.2 Å². The first-order valence-corrected chi connectivity index (χ1v) is 12.2. The molecule has 1 aliphatic rings. The number of likely N-dealkylation sites (tertiary alicyclic amines) is 1. The fourth-order valence-electron chi connectivity index (χ4n) is 3.93. The van der Waals surface area contributed by atoms with Crippen LogP contribution in [0.15, 0.2) is 46.4 Å². The van der Waals surface area contributed by atoms with Crippen molar-refractivity contribution in [2.45, 2.75) is 36.6 Å². The summed E-state index contributed by atoms with van der Waals surface area (Å²) in [5, 5.41) is 1.93. The first kappa shape index (κ1) is 24.7. The average molecular weight is 516 g/mol. The summed E-state index contributed by atoms with van der Waals surface area (Å²) < 4.78 is 71.9. The Morgan fingerprint density at radius 3 is 2.62 bits per heavy atom. The van der Waals surface area contributed by atoms with Crippen molar-refractivity contribution in [1.29, 1.82) is 0 Å². The molecule has 3 aromatic rings. The Balaban J connectivity index is 1.42. The zero-order valence-corrected chi connectivity index (χ0v) is 19.8. The highest BCUT2D eigenvalue weighted by atomic mass is 32.2. The number of nitrogens with one attached hydrogen (secondary N) is 1. The van der Waals surface area contributed by atoms with Gasteiger partial charge in [-0.3, -0.25) is 4.90 Å². The third-order valence-electron chi connectivity index (χ3n) is 5.74. The van der Waals surface area contributed by atoms with Crippen molar-refractivity contribution < 1.29 is 22.0 Å². The van der Waals surface area contributed by atoms with E-state index in [2.05, 4.69) is 14.7 Å². The van der Waals surface area contributed by atoms with E-state index in [1.54, 1.807) is 22.8 Å². The van der Waals surface area contributed by atoms with Crippen LogP contribution in [0.4, 0.5) is 33.5 Å². The molecule has 0 amide bonds. The maximum atomic E-state index is 14.0. The second-order valence-electron chi connectivity index (χ2n) is 7.97. The number of piperidine rings is 1. The molecule has 0 radical (unpaired) electrons. The molecule has 3 heterocycles. The highest BCUT2D eigenvalue weighted by Crippen LogP contribution is 2.39. The van der Waals surface area contributed by atoms with Crippen molar-refractivity contribution in [3.05, 3.63) is 64.1 Å². The summed E-state index contributed by atoms with van der Waals surface area (Å²) in [5.41, 5.74) is 1.15. The van der Waals surface area contributed by atoms with Crippen LogP contribution >= 0.6 is 23.3 Å². The van der Waals surface area contributed by atoms with E-state index < -0.39 is 23.4 Å². The molecule has 182 valence electrons. The van der Waals surface area contributed by atoms with Crippen LogP contribution in [0.5, 0.6) is 0 Å². The molecule has 0 aliphatic carbocycles. The quantitative estimate of drug-likeness (QED) is 0.305. The second kappa shape index (κ2) is 10.4. The van der Waals surface area contributed by atoms with E-state index in [1.165, 1.54) is 23.6 Å². The van der Waals surface area contributed by atoms with Gasteiger partial charge in [-0.1, -0.05) is 0 Å². The van der Waals surface area contributed by atoms with Gasteiger partial charge in [0.15, 0.2) is 0 Å². The van der Waals surface area contributed by atoms with E-state index in [0.29, 0.717) is 31.7 Å². The predicted octanol–water partition coefficient (Wildman–Crippen LogP) is 6.06. The van der Waals surface area contributed by atoms with Gasteiger partial charge >= 0.3 is 6.18 Å². The van der Waals surface area contributed by atoms with Crippen molar-refractivity contribution in [2.24, 2.45) is 0 Å². The third kappa shape index (κ3) is 5.97. The molecule has 1 aliphatic heterocycles. The molecule has 34 heavy (non-hydrogen) atoms. The smallest absolute Gasteiger partial charge is 0.370 e. The summed E-state index contributed by atoms with van der Waals surface area (Å²) in [5.74, 6) is -0.415. The van der Waals surface area contributed by atoms with Gasteiger partial charge < -0.3 is 9.62 Å². The van der Waals surface area contributed by atoms with Crippen molar-refractivity contribution in [3.8, 4) is 0 Å². The molecule has 5 nitrogen and oxygen atoms in total. The summed E-state index contributed by atoms with van der Waals surface area (Å²) >= 11 is 2.34. The van der Waals surface area contributed by atoms with E-state index in [1.807, 2.05) is 4.90 Å². The highest BCUT2D eigenvalue weighted by molar-refractivity contribution is 8.00. The van der Waals surface area contributed by atoms with E-state index in [4.69, 9.17) is 0 Å². The monoisotopic (exact) mass is 515 g/mol. The van der Waals surface area contributed by atoms with E-state index in [9.17, 15) is 22.0 Å². The molecule has 0 bridgehead atoms. The molecule has 0 unspecified atom stereocenters. The van der Waals surface area contributed by atoms with Crippen molar-refractivity contribution in [1.82, 2.24) is 14.9 Å². The lowest BCUT2D eigenvalue weighted by Crippen LogP contribution is -2.43. The molecular weight excluding hydrogens is 493 g/mol. The molecule has 0 saturated carbocycles. The van der Waals surface area contributed by atoms with Crippen LogP contribution in [0.25, 0.3) is 0 Å². The molecule has 1 N–H and O–H groups in total. The number of hydrogen-bond acceptors (Lipinski definition) is 7. The van der Waals surface area contributed by atoms with Gasteiger partial charge in [-0.15, -0.1) is 11.3 Å². The molecule has 0 spiro atoms. The van der Waals surface area contributed by atoms with Crippen molar-refractivity contribution in [2.75, 3.05) is 29.8 Å². The fourth-order valence-corrected chi connectivity index (χ4v) is 5.09. The number of thiazole rings is 1. The highest BCUT2D eigenvalue weighted by Gasteiger charge is 2.37. The number of hydrogen-bond donors (Lipinski definition) is 1. The first-order valence-electron chi connectivity index (χ1n) is 10.5. The molecular formula is C22H22F5N5S2. The van der Waals surface area contributed by atoms with Crippen LogP contribution in [0.1, 0.15) is 24.0 Å². The number of anilines is 2. The lowest BCUT2D eigenvalue weighted by molar-refractivity contribution is -0.137. The van der Waals surface area contributed by atoms with Gasteiger partial charge in [0.05, 0.1) is 23.0 Å². The summed E-state index contributed by atoms with van der Waals surface area (Å²) in [6, 6.07) is 4.26. The van der Waals surface area contributed by atoms with Gasteiger partial charge in [-0.05, 0) is 37.1 Å². The molecule has 0 atom stereocenters. The molecule has 2 aromatic heterocycles. The number of alkyl halides is 3. The Labute approximate surface area is 202 Å². The molecule has 12 heteroatoms. The van der Waals surface area contributed by atoms with Crippen LogP contribution in [0, 0.1) is 11.6 Å². The topological polar surface area (TPSA) is 44.3 Å². The Kier molecular flexibility index (Phi) is 7.58. The minimum Gasteiger partial charge on any atom is -0.370 e. The van der Waals surface area contributed by atoms with Crippen LogP contribution in [-0.2, 0) is 12.7 Å². The normalized spacial score (nSPS) is 15.5. The van der Waals surface area contributed by atoms with E-state index in [0.717, 1.165) is 30.1 Å². The lowest BCUT2D eigenvalue weighted by atomic mass is 10.0. The fraction of sp³-hybridized carbons (Fsp3) is 0.364. The molecule has 1 saturated heterocycles. The number of pyridine rings is 1. The van der Waals surface area contributed by atoms with Crippen molar-refractivity contribution >= 4 is 34.8 Å². The summed E-state index contributed by atoms with van der Waals surface area (Å²) in [4.78, 5) is 11.8. The number of rotatable bonds is 7. The molecule has 4 rings (SSSR count).